The lowest BCUT2D eigenvalue weighted by atomic mass is 10.1. The maximum atomic E-state index is 13.1. The molecule has 0 fully saturated rings. The summed E-state index contributed by atoms with van der Waals surface area (Å²) in [7, 11) is 0. The van der Waals surface area contributed by atoms with E-state index in [1.165, 1.54) is 48.5 Å². The summed E-state index contributed by atoms with van der Waals surface area (Å²) in [4.78, 5) is 27.6. The number of carbonyl (C=O) groups is 2. The zero-order chi connectivity index (χ0) is 22.4. The van der Waals surface area contributed by atoms with Crippen LogP contribution in [-0.2, 0) is 0 Å². The number of carboxylic acid groups (broad SMARTS) is 1. The van der Waals surface area contributed by atoms with Crippen LogP contribution in [0.1, 0.15) is 27.6 Å². The molecule has 1 atom stereocenters. The Morgan fingerprint density at radius 2 is 1.77 bits per heavy atom. The van der Waals surface area contributed by atoms with Gasteiger partial charge in [0.05, 0.1) is 5.56 Å². The average molecular weight is 420 g/mol. The summed E-state index contributed by atoms with van der Waals surface area (Å²) in [5, 5.41) is 11.5. The number of carboxylic acids is 1. The zero-order valence-electron chi connectivity index (χ0n) is 16.3. The molecular formula is C23H17FN2O5. The average Bonchev–Trinajstić information content (AvgIpc) is 2.75. The highest BCUT2D eigenvalue weighted by molar-refractivity contribution is 6.04. The zero-order valence-corrected chi connectivity index (χ0v) is 16.3. The number of hydrogen-bond donors (Lipinski definition) is 2. The molecule has 0 aliphatic rings. The second-order valence-electron chi connectivity index (χ2n) is 6.37. The molecule has 1 unspecified atom stereocenters. The number of aromatic carboxylic acids is 1. The summed E-state index contributed by atoms with van der Waals surface area (Å²) in [6, 6.07) is 12.6. The maximum Gasteiger partial charge on any atom is 0.337 e. The van der Waals surface area contributed by atoms with Crippen molar-refractivity contribution in [3.63, 3.8) is 0 Å². The van der Waals surface area contributed by atoms with Crippen LogP contribution in [-0.4, -0.2) is 28.1 Å². The summed E-state index contributed by atoms with van der Waals surface area (Å²) in [6.45, 7) is 1.67. The molecular weight excluding hydrogens is 403 g/mol. The van der Waals surface area contributed by atoms with Crippen LogP contribution in [0.25, 0.3) is 0 Å². The third-order valence-corrected chi connectivity index (χ3v) is 3.99. The third kappa shape index (κ3) is 5.81. The number of terminal acetylenes is 1. The first kappa shape index (κ1) is 21.3. The first-order valence-electron chi connectivity index (χ1n) is 9.06. The van der Waals surface area contributed by atoms with Crippen molar-refractivity contribution < 1.29 is 28.6 Å². The fourth-order valence-electron chi connectivity index (χ4n) is 2.49. The van der Waals surface area contributed by atoms with Gasteiger partial charge in [-0.1, -0.05) is 5.92 Å². The van der Waals surface area contributed by atoms with Crippen molar-refractivity contribution in [2.75, 3.05) is 5.32 Å². The number of nitrogens with one attached hydrogen (secondary N) is 1. The lowest BCUT2D eigenvalue weighted by Crippen LogP contribution is -2.14. The molecule has 2 N–H and O–H groups in total. The highest BCUT2D eigenvalue weighted by Gasteiger charge is 2.14. The van der Waals surface area contributed by atoms with Crippen LogP contribution in [0, 0.1) is 18.2 Å². The Kier molecular flexibility index (Phi) is 6.48. The number of amides is 1. The summed E-state index contributed by atoms with van der Waals surface area (Å²) in [5.41, 5.74) is 0.176. The van der Waals surface area contributed by atoms with Gasteiger partial charge < -0.3 is 19.9 Å². The van der Waals surface area contributed by atoms with Gasteiger partial charge in [-0.25, -0.2) is 14.2 Å². The molecule has 156 valence electrons. The summed E-state index contributed by atoms with van der Waals surface area (Å²) < 4.78 is 24.5. The Morgan fingerprint density at radius 3 is 2.39 bits per heavy atom. The Labute approximate surface area is 177 Å². The second kappa shape index (κ2) is 9.41. The molecule has 1 aromatic heterocycles. The molecule has 0 saturated heterocycles. The number of halogens is 1. The van der Waals surface area contributed by atoms with Crippen molar-refractivity contribution >= 4 is 17.7 Å². The summed E-state index contributed by atoms with van der Waals surface area (Å²) >= 11 is 0. The van der Waals surface area contributed by atoms with Crippen LogP contribution in [0.5, 0.6) is 17.2 Å². The highest BCUT2D eigenvalue weighted by atomic mass is 19.1. The van der Waals surface area contributed by atoms with E-state index in [2.05, 4.69) is 16.2 Å². The van der Waals surface area contributed by atoms with Crippen LogP contribution < -0.4 is 14.8 Å². The lowest BCUT2D eigenvalue weighted by Gasteiger charge is -2.14. The molecule has 7 nitrogen and oxygen atoms in total. The SMILES string of the molecule is C#CC(C)Oc1cc(Oc2ccc(F)cc2)cc(C(=O)Nc2ccc(C(=O)O)cn2)c1. The molecule has 0 spiro atoms. The lowest BCUT2D eigenvalue weighted by molar-refractivity contribution is 0.0696. The second-order valence-corrected chi connectivity index (χ2v) is 6.37. The molecule has 3 rings (SSSR count). The molecule has 0 bridgehead atoms. The number of carbonyl (C=O) groups excluding carboxylic acids is 1. The van der Waals surface area contributed by atoms with E-state index in [9.17, 15) is 14.0 Å². The van der Waals surface area contributed by atoms with Crippen molar-refractivity contribution in [2.45, 2.75) is 13.0 Å². The van der Waals surface area contributed by atoms with E-state index < -0.39 is 23.8 Å². The first-order valence-corrected chi connectivity index (χ1v) is 9.06. The number of pyridine rings is 1. The van der Waals surface area contributed by atoms with Crippen molar-refractivity contribution in [3.05, 3.63) is 77.7 Å². The first-order chi connectivity index (χ1) is 14.8. The Hall–Kier alpha value is -4.38. The number of hydrogen-bond acceptors (Lipinski definition) is 5. The van der Waals surface area contributed by atoms with Gasteiger partial charge in [-0.2, -0.15) is 0 Å². The molecule has 0 aliphatic heterocycles. The largest absolute Gasteiger partial charge is 0.478 e. The smallest absolute Gasteiger partial charge is 0.337 e. The van der Waals surface area contributed by atoms with E-state index in [4.69, 9.17) is 21.0 Å². The molecule has 8 heteroatoms. The fraction of sp³-hybridized carbons (Fsp3) is 0.0870. The molecule has 3 aromatic rings. The quantitative estimate of drug-likeness (QED) is 0.551. The van der Waals surface area contributed by atoms with E-state index in [0.717, 1.165) is 6.20 Å². The van der Waals surface area contributed by atoms with Gasteiger partial charge >= 0.3 is 5.97 Å². The van der Waals surface area contributed by atoms with Crippen molar-refractivity contribution in [1.29, 1.82) is 0 Å². The molecule has 1 amide bonds. The van der Waals surface area contributed by atoms with E-state index >= 15 is 0 Å². The van der Waals surface area contributed by atoms with Gasteiger partial charge in [0.2, 0.25) is 0 Å². The topological polar surface area (TPSA) is 97.8 Å². The van der Waals surface area contributed by atoms with E-state index in [0.29, 0.717) is 11.5 Å². The Morgan fingerprint density at radius 1 is 1.06 bits per heavy atom. The summed E-state index contributed by atoms with van der Waals surface area (Å²) in [6.07, 6.45) is 5.94. The standard InChI is InChI=1S/C23H17FN2O5/c1-3-14(2)30-19-10-16(11-20(12-19)31-18-7-5-17(24)6-8-18)22(27)26-21-9-4-15(13-25-21)23(28)29/h1,4-14H,2H3,(H,28,29)(H,25,26,27). The number of aromatic nitrogens is 1. The third-order valence-electron chi connectivity index (χ3n) is 3.99. The van der Waals surface area contributed by atoms with Gasteiger partial charge in [-0.15, -0.1) is 6.42 Å². The number of ether oxygens (including phenoxy) is 2. The number of nitrogens with zero attached hydrogens (tertiary/aromatic N) is 1. The van der Waals surface area contributed by atoms with Crippen LogP contribution >= 0.6 is 0 Å². The monoisotopic (exact) mass is 420 g/mol. The van der Waals surface area contributed by atoms with E-state index in [-0.39, 0.29) is 22.7 Å². The van der Waals surface area contributed by atoms with Crippen LogP contribution in [0.4, 0.5) is 10.2 Å². The van der Waals surface area contributed by atoms with Crippen molar-refractivity contribution in [2.24, 2.45) is 0 Å². The number of rotatable bonds is 7. The molecule has 0 saturated carbocycles. The van der Waals surface area contributed by atoms with Gasteiger partial charge in [0.15, 0.2) is 6.10 Å². The molecule has 31 heavy (non-hydrogen) atoms. The molecule has 0 aliphatic carbocycles. The number of anilines is 1. The fourth-order valence-corrected chi connectivity index (χ4v) is 2.49. The normalized spacial score (nSPS) is 11.1. The van der Waals surface area contributed by atoms with Gasteiger partial charge in [0.1, 0.15) is 28.9 Å². The van der Waals surface area contributed by atoms with Gasteiger partial charge in [0, 0.05) is 17.8 Å². The van der Waals surface area contributed by atoms with E-state index in [1.807, 2.05) is 0 Å². The maximum absolute atomic E-state index is 13.1. The molecule has 0 radical (unpaired) electrons. The molecule has 1 heterocycles. The van der Waals surface area contributed by atoms with Crippen molar-refractivity contribution in [1.82, 2.24) is 4.98 Å². The Balaban J connectivity index is 1.86. The van der Waals surface area contributed by atoms with Gasteiger partial charge in [-0.05, 0) is 55.5 Å². The minimum absolute atomic E-state index is 0.00773. The van der Waals surface area contributed by atoms with Crippen LogP contribution in [0.15, 0.2) is 60.8 Å². The minimum atomic E-state index is -1.12. The highest BCUT2D eigenvalue weighted by Crippen LogP contribution is 2.28. The summed E-state index contributed by atoms with van der Waals surface area (Å²) in [5.74, 6) is 1.46. The van der Waals surface area contributed by atoms with Crippen molar-refractivity contribution in [3.8, 4) is 29.6 Å². The predicted octanol–water partition coefficient (Wildman–Crippen LogP) is 4.36. The molecule has 2 aromatic carbocycles. The Bertz CT molecular complexity index is 1140. The van der Waals surface area contributed by atoms with Crippen LogP contribution in [0.2, 0.25) is 0 Å². The van der Waals surface area contributed by atoms with E-state index in [1.54, 1.807) is 13.0 Å². The van der Waals surface area contributed by atoms with Crippen LogP contribution in [0.3, 0.4) is 0 Å². The minimum Gasteiger partial charge on any atom is -0.478 e. The van der Waals surface area contributed by atoms with Gasteiger partial charge in [0.25, 0.3) is 5.91 Å². The number of benzene rings is 2. The van der Waals surface area contributed by atoms with Gasteiger partial charge in [-0.3, -0.25) is 4.79 Å². The predicted molar refractivity (Wildman–Crippen MR) is 111 cm³/mol.